The van der Waals surface area contributed by atoms with Crippen molar-refractivity contribution in [2.24, 2.45) is 0 Å². The van der Waals surface area contributed by atoms with Crippen LogP contribution in [0.1, 0.15) is 61.7 Å². The molecular formula is C13H20N2O2. The molecule has 2 rings (SSSR count). The Morgan fingerprint density at radius 1 is 1.41 bits per heavy atom. The summed E-state index contributed by atoms with van der Waals surface area (Å²) in [7, 11) is 0. The molecule has 1 heterocycles. The number of nitrogens with one attached hydrogen (secondary N) is 1. The number of aromatic nitrogens is 2. The Morgan fingerprint density at radius 2 is 2.12 bits per heavy atom. The predicted molar refractivity (Wildman–Crippen MR) is 65.1 cm³/mol. The molecule has 0 atom stereocenters. The first-order chi connectivity index (χ1) is 8.16. The third kappa shape index (κ3) is 3.08. The molecule has 4 nitrogen and oxygen atoms in total. The van der Waals surface area contributed by atoms with E-state index in [2.05, 4.69) is 9.97 Å². The van der Waals surface area contributed by atoms with E-state index in [1.54, 1.807) is 0 Å². The summed E-state index contributed by atoms with van der Waals surface area (Å²) in [5, 5.41) is 8.66. The lowest BCUT2D eigenvalue weighted by Crippen LogP contribution is -2.06. The number of carboxylic acids is 1. The second-order valence-corrected chi connectivity index (χ2v) is 4.92. The monoisotopic (exact) mass is 236 g/mol. The molecule has 0 radical (unpaired) electrons. The maximum Gasteiger partial charge on any atom is 0.303 e. The van der Waals surface area contributed by atoms with Crippen LogP contribution >= 0.6 is 0 Å². The first kappa shape index (κ1) is 12.1. The van der Waals surface area contributed by atoms with E-state index in [1.165, 1.54) is 37.8 Å². The predicted octanol–water partition coefficient (Wildman–Crippen LogP) is 2.78. The van der Waals surface area contributed by atoms with Crippen LogP contribution in [-0.4, -0.2) is 21.0 Å². The summed E-state index contributed by atoms with van der Waals surface area (Å²) in [6, 6.07) is 0. The average molecular weight is 236 g/mol. The zero-order valence-electron chi connectivity index (χ0n) is 10.3. The number of H-pyrrole nitrogens is 1. The Hall–Kier alpha value is -1.32. The van der Waals surface area contributed by atoms with E-state index >= 15 is 0 Å². The van der Waals surface area contributed by atoms with E-state index in [0.29, 0.717) is 12.3 Å². The smallest absolute Gasteiger partial charge is 0.303 e. The van der Waals surface area contributed by atoms with Crippen molar-refractivity contribution >= 4 is 5.97 Å². The van der Waals surface area contributed by atoms with Gasteiger partial charge < -0.3 is 10.1 Å². The lowest BCUT2D eigenvalue weighted by atomic mass is 9.86. The highest BCUT2D eigenvalue weighted by Gasteiger charge is 2.20. The number of aromatic amines is 1. The number of nitrogens with zero attached hydrogens (tertiary/aromatic N) is 1. The van der Waals surface area contributed by atoms with Gasteiger partial charge in [-0.3, -0.25) is 4.79 Å². The lowest BCUT2D eigenvalue weighted by Gasteiger charge is -2.20. The van der Waals surface area contributed by atoms with Crippen molar-refractivity contribution in [2.45, 2.75) is 57.8 Å². The van der Waals surface area contributed by atoms with E-state index in [0.717, 1.165) is 11.5 Å². The van der Waals surface area contributed by atoms with Gasteiger partial charge in [-0.2, -0.15) is 0 Å². The summed E-state index contributed by atoms with van der Waals surface area (Å²) in [5.74, 6) is 0.641. The van der Waals surface area contributed by atoms with Crippen LogP contribution in [0.25, 0.3) is 0 Å². The summed E-state index contributed by atoms with van der Waals surface area (Å²) < 4.78 is 0. The SMILES string of the molecule is Cc1[nH]c(CCC(=O)O)nc1C1CCCCC1. The third-order valence-corrected chi connectivity index (χ3v) is 3.54. The summed E-state index contributed by atoms with van der Waals surface area (Å²) in [6.07, 6.45) is 7.03. The standard InChI is InChI=1S/C13H20N2O2/c1-9-13(10-5-3-2-4-6-10)15-11(14-9)7-8-12(16)17/h10H,2-8H2,1H3,(H,14,15)(H,16,17). The van der Waals surface area contributed by atoms with Crippen molar-refractivity contribution in [1.82, 2.24) is 9.97 Å². The maximum atomic E-state index is 10.5. The van der Waals surface area contributed by atoms with Crippen molar-refractivity contribution in [3.8, 4) is 0 Å². The van der Waals surface area contributed by atoms with Crippen LogP contribution in [0.2, 0.25) is 0 Å². The topological polar surface area (TPSA) is 66.0 Å². The molecule has 4 heteroatoms. The Labute approximate surface area is 101 Å². The summed E-state index contributed by atoms with van der Waals surface area (Å²) in [5.41, 5.74) is 2.29. The minimum absolute atomic E-state index is 0.150. The van der Waals surface area contributed by atoms with E-state index < -0.39 is 5.97 Å². The molecule has 1 aromatic rings. The van der Waals surface area contributed by atoms with E-state index in [1.807, 2.05) is 6.92 Å². The molecule has 1 aliphatic rings. The van der Waals surface area contributed by atoms with Crippen molar-refractivity contribution in [2.75, 3.05) is 0 Å². The second kappa shape index (κ2) is 5.34. The van der Waals surface area contributed by atoms with Gasteiger partial charge in [0.2, 0.25) is 0 Å². The lowest BCUT2D eigenvalue weighted by molar-refractivity contribution is -0.137. The normalized spacial score (nSPS) is 17.2. The molecule has 0 unspecified atom stereocenters. The molecule has 1 aliphatic carbocycles. The maximum absolute atomic E-state index is 10.5. The van der Waals surface area contributed by atoms with Gasteiger partial charge in [0.05, 0.1) is 12.1 Å². The minimum Gasteiger partial charge on any atom is -0.481 e. The molecule has 0 saturated heterocycles. The number of aliphatic carboxylic acids is 1. The molecule has 1 saturated carbocycles. The van der Waals surface area contributed by atoms with Gasteiger partial charge in [0.1, 0.15) is 5.82 Å². The largest absolute Gasteiger partial charge is 0.481 e. The molecule has 0 aromatic carbocycles. The van der Waals surface area contributed by atoms with Gasteiger partial charge in [-0.25, -0.2) is 4.98 Å². The molecule has 0 aliphatic heterocycles. The summed E-state index contributed by atoms with van der Waals surface area (Å²) in [6.45, 7) is 2.04. The van der Waals surface area contributed by atoms with E-state index in [4.69, 9.17) is 5.11 Å². The van der Waals surface area contributed by atoms with Crippen molar-refractivity contribution < 1.29 is 9.90 Å². The summed E-state index contributed by atoms with van der Waals surface area (Å²) in [4.78, 5) is 18.3. The Kier molecular flexibility index (Phi) is 3.82. The van der Waals surface area contributed by atoms with Crippen molar-refractivity contribution in [1.29, 1.82) is 0 Å². The van der Waals surface area contributed by atoms with E-state index in [9.17, 15) is 4.79 Å². The van der Waals surface area contributed by atoms with Crippen LogP contribution in [0.5, 0.6) is 0 Å². The molecule has 1 fully saturated rings. The van der Waals surface area contributed by atoms with Gasteiger partial charge in [0.25, 0.3) is 0 Å². The van der Waals surface area contributed by atoms with Crippen LogP contribution in [0.15, 0.2) is 0 Å². The fraction of sp³-hybridized carbons (Fsp3) is 0.692. The van der Waals surface area contributed by atoms with Gasteiger partial charge in [-0.15, -0.1) is 0 Å². The highest BCUT2D eigenvalue weighted by molar-refractivity contribution is 5.66. The van der Waals surface area contributed by atoms with E-state index in [-0.39, 0.29) is 6.42 Å². The molecule has 1 aromatic heterocycles. The molecule has 17 heavy (non-hydrogen) atoms. The van der Waals surface area contributed by atoms with Crippen molar-refractivity contribution in [3.05, 3.63) is 17.2 Å². The number of carbonyl (C=O) groups is 1. The minimum atomic E-state index is -0.765. The Morgan fingerprint density at radius 3 is 2.76 bits per heavy atom. The van der Waals surface area contributed by atoms with Gasteiger partial charge in [-0.05, 0) is 19.8 Å². The highest BCUT2D eigenvalue weighted by atomic mass is 16.4. The molecule has 2 N–H and O–H groups in total. The third-order valence-electron chi connectivity index (χ3n) is 3.54. The number of hydrogen-bond donors (Lipinski definition) is 2. The van der Waals surface area contributed by atoms with Crippen LogP contribution in [0.4, 0.5) is 0 Å². The Bertz CT molecular complexity index is 392. The highest BCUT2D eigenvalue weighted by Crippen LogP contribution is 2.33. The number of rotatable bonds is 4. The second-order valence-electron chi connectivity index (χ2n) is 4.92. The quantitative estimate of drug-likeness (QED) is 0.844. The zero-order chi connectivity index (χ0) is 12.3. The number of imidazole rings is 1. The van der Waals surface area contributed by atoms with Gasteiger partial charge in [0, 0.05) is 18.0 Å². The van der Waals surface area contributed by atoms with Crippen LogP contribution < -0.4 is 0 Å². The van der Waals surface area contributed by atoms with Crippen molar-refractivity contribution in [3.63, 3.8) is 0 Å². The number of carboxylic acid groups (broad SMARTS) is 1. The fourth-order valence-electron chi connectivity index (χ4n) is 2.65. The fourth-order valence-corrected chi connectivity index (χ4v) is 2.65. The van der Waals surface area contributed by atoms with Gasteiger partial charge in [-0.1, -0.05) is 19.3 Å². The Balaban J connectivity index is 2.04. The number of hydrogen-bond acceptors (Lipinski definition) is 2. The van der Waals surface area contributed by atoms with Crippen LogP contribution in [-0.2, 0) is 11.2 Å². The number of aryl methyl sites for hydroxylation is 2. The molecular weight excluding hydrogens is 216 g/mol. The van der Waals surface area contributed by atoms with Gasteiger partial charge >= 0.3 is 5.97 Å². The molecule has 0 bridgehead atoms. The van der Waals surface area contributed by atoms with Gasteiger partial charge in [0.15, 0.2) is 0 Å². The first-order valence-corrected chi connectivity index (χ1v) is 6.44. The van der Waals surface area contributed by atoms with Crippen LogP contribution in [0.3, 0.4) is 0 Å². The summed E-state index contributed by atoms with van der Waals surface area (Å²) >= 11 is 0. The zero-order valence-corrected chi connectivity index (χ0v) is 10.3. The molecule has 0 spiro atoms. The molecule has 0 amide bonds. The first-order valence-electron chi connectivity index (χ1n) is 6.44. The molecule has 94 valence electrons. The van der Waals surface area contributed by atoms with Crippen LogP contribution in [0, 0.1) is 6.92 Å². The average Bonchev–Trinajstić information content (AvgIpc) is 2.69.